The van der Waals surface area contributed by atoms with Crippen molar-refractivity contribution in [3.8, 4) is 0 Å². The number of carbonyl (C=O) groups excluding carboxylic acids is 2. The Morgan fingerprint density at radius 1 is 1.44 bits per heavy atom. The van der Waals surface area contributed by atoms with Gasteiger partial charge in [0.05, 0.1) is 6.33 Å². The molecule has 0 bridgehead atoms. The quantitative estimate of drug-likeness (QED) is 0.830. The van der Waals surface area contributed by atoms with Crippen molar-refractivity contribution in [3.63, 3.8) is 0 Å². The minimum atomic E-state index is -0.154. The summed E-state index contributed by atoms with van der Waals surface area (Å²) in [6.07, 6.45) is 3.64. The van der Waals surface area contributed by atoms with Gasteiger partial charge in [0.15, 0.2) is 6.29 Å². The predicted octanol–water partition coefficient (Wildman–Crippen LogP) is 1.64. The van der Waals surface area contributed by atoms with E-state index in [1.807, 2.05) is 31.2 Å². The van der Waals surface area contributed by atoms with Gasteiger partial charge in [-0.2, -0.15) is 0 Å². The molecule has 5 nitrogen and oxygen atoms in total. The van der Waals surface area contributed by atoms with Gasteiger partial charge in [-0.05, 0) is 18.6 Å². The van der Waals surface area contributed by atoms with E-state index in [1.165, 1.54) is 12.5 Å². The number of benzene rings is 1. The van der Waals surface area contributed by atoms with E-state index in [2.05, 4.69) is 10.3 Å². The molecule has 0 aliphatic rings. The van der Waals surface area contributed by atoms with E-state index < -0.39 is 0 Å². The van der Waals surface area contributed by atoms with E-state index in [9.17, 15) is 9.59 Å². The summed E-state index contributed by atoms with van der Waals surface area (Å²) in [6.45, 7) is 2.06. The van der Waals surface area contributed by atoms with Crippen molar-refractivity contribution in [1.82, 2.24) is 9.55 Å². The molecule has 0 unspecified atom stereocenters. The molecule has 5 heteroatoms. The van der Waals surface area contributed by atoms with Crippen LogP contribution in [0.5, 0.6) is 0 Å². The molecule has 0 saturated carbocycles. The SMILES string of the molecule is Cc1ccccc1NC(=O)Cn1cnc(C=O)c1. The zero-order valence-electron chi connectivity index (χ0n) is 9.96. The number of para-hydroxylation sites is 1. The normalized spacial score (nSPS) is 10.1. The van der Waals surface area contributed by atoms with Crippen LogP contribution in [0.4, 0.5) is 5.69 Å². The van der Waals surface area contributed by atoms with Gasteiger partial charge in [-0.25, -0.2) is 4.98 Å². The highest BCUT2D eigenvalue weighted by atomic mass is 16.2. The number of nitrogens with one attached hydrogen (secondary N) is 1. The Kier molecular flexibility index (Phi) is 3.52. The van der Waals surface area contributed by atoms with Crippen LogP contribution in [0.15, 0.2) is 36.8 Å². The number of aldehydes is 1. The second kappa shape index (κ2) is 5.27. The number of rotatable bonds is 4. The number of aryl methyl sites for hydroxylation is 1. The molecule has 0 aliphatic heterocycles. The lowest BCUT2D eigenvalue weighted by atomic mass is 10.2. The molecule has 2 aromatic rings. The summed E-state index contributed by atoms with van der Waals surface area (Å²) in [5, 5.41) is 2.81. The van der Waals surface area contributed by atoms with Crippen molar-refractivity contribution < 1.29 is 9.59 Å². The van der Waals surface area contributed by atoms with Crippen LogP contribution in [0.3, 0.4) is 0 Å². The average Bonchev–Trinajstić information content (AvgIpc) is 2.80. The Morgan fingerprint density at radius 3 is 2.89 bits per heavy atom. The molecule has 1 N–H and O–H groups in total. The van der Waals surface area contributed by atoms with Crippen LogP contribution in [0.2, 0.25) is 0 Å². The van der Waals surface area contributed by atoms with Crippen molar-refractivity contribution in [2.75, 3.05) is 5.32 Å². The van der Waals surface area contributed by atoms with Gasteiger partial charge >= 0.3 is 0 Å². The first-order valence-electron chi connectivity index (χ1n) is 5.51. The summed E-state index contributed by atoms with van der Waals surface area (Å²) >= 11 is 0. The van der Waals surface area contributed by atoms with E-state index in [1.54, 1.807) is 4.57 Å². The number of aromatic nitrogens is 2. The largest absolute Gasteiger partial charge is 0.327 e. The maximum atomic E-state index is 11.8. The molecular formula is C13H13N3O2. The molecule has 1 aromatic heterocycles. The molecular weight excluding hydrogens is 230 g/mol. The Bertz CT molecular complexity index is 575. The van der Waals surface area contributed by atoms with Crippen molar-refractivity contribution in [2.45, 2.75) is 13.5 Å². The minimum absolute atomic E-state index is 0.134. The smallest absolute Gasteiger partial charge is 0.244 e. The molecule has 2 rings (SSSR count). The van der Waals surface area contributed by atoms with E-state index in [4.69, 9.17) is 0 Å². The van der Waals surface area contributed by atoms with Crippen LogP contribution in [-0.4, -0.2) is 21.7 Å². The summed E-state index contributed by atoms with van der Waals surface area (Å²) < 4.78 is 1.57. The van der Waals surface area contributed by atoms with Crippen molar-refractivity contribution in [3.05, 3.63) is 48.0 Å². The van der Waals surface area contributed by atoms with Gasteiger partial charge in [-0.1, -0.05) is 18.2 Å². The van der Waals surface area contributed by atoms with E-state index >= 15 is 0 Å². The molecule has 92 valence electrons. The number of amides is 1. The third-order valence-electron chi connectivity index (χ3n) is 2.52. The van der Waals surface area contributed by atoms with Crippen molar-refractivity contribution in [2.24, 2.45) is 0 Å². The number of nitrogens with zero attached hydrogens (tertiary/aromatic N) is 2. The Morgan fingerprint density at radius 2 is 2.22 bits per heavy atom. The first kappa shape index (κ1) is 12.0. The number of hydrogen-bond acceptors (Lipinski definition) is 3. The highest BCUT2D eigenvalue weighted by Crippen LogP contribution is 2.12. The maximum absolute atomic E-state index is 11.8. The molecule has 0 aliphatic carbocycles. The Hall–Kier alpha value is -2.43. The van der Waals surface area contributed by atoms with Crippen LogP contribution < -0.4 is 5.32 Å². The minimum Gasteiger partial charge on any atom is -0.327 e. The molecule has 1 heterocycles. The molecule has 18 heavy (non-hydrogen) atoms. The second-order valence-corrected chi connectivity index (χ2v) is 3.95. The van der Waals surface area contributed by atoms with Gasteiger partial charge < -0.3 is 9.88 Å². The molecule has 0 atom stereocenters. The topological polar surface area (TPSA) is 64.0 Å². The first-order valence-corrected chi connectivity index (χ1v) is 5.51. The zero-order chi connectivity index (χ0) is 13.0. The van der Waals surface area contributed by atoms with Crippen molar-refractivity contribution >= 4 is 17.9 Å². The highest BCUT2D eigenvalue weighted by molar-refractivity contribution is 5.91. The number of hydrogen-bond donors (Lipinski definition) is 1. The van der Waals surface area contributed by atoms with E-state index in [-0.39, 0.29) is 12.5 Å². The van der Waals surface area contributed by atoms with Gasteiger partial charge in [-0.15, -0.1) is 0 Å². The maximum Gasteiger partial charge on any atom is 0.244 e. The number of anilines is 1. The lowest BCUT2D eigenvalue weighted by Crippen LogP contribution is -2.18. The van der Waals surface area contributed by atoms with Crippen LogP contribution in [0, 0.1) is 6.92 Å². The number of carbonyl (C=O) groups is 2. The van der Waals surface area contributed by atoms with Crippen LogP contribution in [0.25, 0.3) is 0 Å². The first-order chi connectivity index (χ1) is 8.69. The average molecular weight is 243 g/mol. The Labute approximate surface area is 104 Å². The monoisotopic (exact) mass is 243 g/mol. The van der Waals surface area contributed by atoms with Gasteiger partial charge in [0.2, 0.25) is 5.91 Å². The lowest BCUT2D eigenvalue weighted by Gasteiger charge is -2.08. The third kappa shape index (κ3) is 2.82. The van der Waals surface area contributed by atoms with Gasteiger partial charge in [-0.3, -0.25) is 9.59 Å². The zero-order valence-corrected chi connectivity index (χ0v) is 9.96. The van der Waals surface area contributed by atoms with Gasteiger partial charge in [0.25, 0.3) is 0 Å². The van der Waals surface area contributed by atoms with Gasteiger partial charge in [0, 0.05) is 11.9 Å². The standard InChI is InChI=1S/C13H13N3O2/c1-10-4-2-3-5-12(10)15-13(18)7-16-6-11(8-17)14-9-16/h2-6,8-9H,7H2,1H3,(H,15,18). The molecule has 0 radical (unpaired) electrons. The van der Waals surface area contributed by atoms with Gasteiger partial charge in [0.1, 0.15) is 12.2 Å². The fraction of sp³-hybridized carbons (Fsp3) is 0.154. The van der Waals surface area contributed by atoms with E-state index in [0.29, 0.717) is 12.0 Å². The molecule has 0 fully saturated rings. The highest BCUT2D eigenvalue weighted by Gasteiger charge is 2.06. The second-order valence-electron chi connectivity index (χ2n) is 3.95. The predicted molar refractivity (Wildman–Crippen MR) is 67.4 cm³/mol. The fourth-order valence-electron chi connectivity index (χ4n) is 1.59. The molecule has 1 aromatic carbocycles. The lowest BCUT2D eigenvalue weighted by molar-refractivity contribution is -0.116. The molecule has 0 saturated heterocycles. The van der Waals surface area contributed by atoms with Crippen LogP contribution >= 0.6 is 0 Å². The summed E-state index contributed by atoms with van der Waals surface area (Å²) in [6, 6.07) is 7.55. The fourth-order valence-corrected chi connectivity index (χ4v) is 1.59. The summed E-state index contributed by atoms with van der Waals surface area (Å²) in [5.41, 5.74) is 2.11. The number of imidazole rings is 1. The van der Waals surface area contributed by atoms with E-state index in [0.717, 1.165) is 11.3 Å². The van der Waals surface area contributed by atoms with Crippen LogP contribution in [-0.2, 0) is 11.3 Å². The van der Waals surface area contributed by atoms with Crippen molar-refractivity contribution in [1.29, 1.82) is 0 Å². The molecule has 0 spiro atoms. The summed E-state index contributed by atoms with van der Waals surface area (Å²) in [4.78, 5) is 26.1. The third-order valence-corrected chi connectivity index (χ3v) is 2.52. The molecule has 1 amide bonds. The Balaban J connectivity index is 2.01. The van der Waals surface area contributed by atoms with Crippen LogP contribution in [0.1, 0.15) is 16.1 Å². The summed E-state index contributed by atoms with van der Waals surface area (Å²) in [7, 11) is 0. The summed E-state index contributed by atoms with van der Waals surface area (Å²) in [5.74, 6) is -0.154.